The SMILES string of the molecule is CC1(C)COc2cc(Cl)c(CCCN)cc2OC1. The van der Waals surface area contributed by atoms with E-state index in [1.807, 2.05) is 12.1 Å². The molecule has 0 atom stereocenters. The largest absolute Gasteiger partial charge is 0.489 e. The molecule has 0 radical (unpaired) electrons. The highest BCUT2D eigenvalue weighted by Crippen LogP contribution is 2.37. The van der Waals surface area contributed by atoms with Crippen molar-refractivity contribution in [1.82, 2.24) is 0 Å². The van der Waals surface area contributed by atoms with Crippen molar-refractivity contribution in [2.45, 2.75) is 26.7 Å². The first-order valence-corrected chi connectivity index (χ1v) is 6.68. The molecule has 1 heterocycles. The van der Waals surface area contributed by atoms with Crippen molar-refractivity contribution in [1.29, 1.82) is 0 Å². The molecule has 1 aromatic rings. The van der Waals surface area contributed by atoms with Crippen LogP contribution in [0.3, 0.4) is 0 Å². The van der Waals surface area contributed by atoms with E-state index < -0.39 is 0 Å². The van der Waals surface area contributed by atoms with Gasteiger partial charge in [-0.15, -0.1) is 0 Å². The van der Waals surface area contributed by atoms with Gasteiger partial charge in [0, 0.05) is 16.5 Å². The highest BCUT2D eigenvalue weighted by molar-refractivity contribution is 6.31. The van der Waals surface area contributed by atoms with Crippen LogP contribution in [0.4, 0.5) is 0 Å². The van der Waals surface area contributed by atoms with Gasteiger partial charge in [-0.05, 0) is 31.0 Å². The molecule has 0 amide bonds. The smallest absolute Gasteiger partial charge is 0.162 e. The van der Waals surface area contributed by atoms with Crippen LogP contribution in [-0.2, 0) is 6.42 Å². The van der Waals surface area contributed by atoms with Crippen LogP contribution in [-0.4, -0.2) is 19.8 Å². The maximum absolute atomic E-state index is 6.24. The number of rotatable bonds is 3. The zero-order valence-electron chi connectivity index (χ0n) is 11.0. The van der Waals surface area contributed by atoms with Gasteiger partial charge in [0.05, 0.1) is 13.2 Å². The Morgan fingerprint density at radius 1 is 1.22 bits per heavy atom. The number of benzene rings is 1. The second-order valence-electron chi connectivity index (χ2n) is 5.52. The van der Waals surface area contributed by atoms with Crippen molar-refractivity contribution in [3.8, 4) is 11.5 Å². The molecular formula is C14H20ClNO2. The fourth-order valence-electron chi connectivity index (χ4n) is 1.87. The third-order valence-corrected chi connectivity index (χ3v) is 3.35. The Bertz CT molecular complexity index is 432. The van der Waals surface area contributed by atoms with E-state index in [1.54, 1.807) is 0 Å². The monoisotopic (exact) mass is 269 g/mol. The zero-order valence-corrected chi connectivity index (χ0v) is 11.7. The van der Waals surface area contributed by atoms with Crippen molar-refractivity contribution < 1.29 is 9.47 Å². The topological polar surface area (TPSA) is 44.5 Å². The molecule has 2 rings (SSSR count). The lowest BCUT2D eigenvalue weighted by Crippen LogP contribution is -2.26. The lowest BCUT2D eigenvalue weighted by atomic mass is 9.97. The van der Waals surface area contributed by atoms with Crippen molar-refractivity contribution in [3.05, 3.63) is 22.7 Å². The quantitative estimate of drug-likeness (QED) is 0.917. The summed E-state index contributed by atoms with van der Waals surface area (Å²) in [5.74, 6) is 1.53. The van der Waals surface area contributed by atoms with Crippen LogP contribution >= 0.6 is 11.6 Å². The van der Waals surface area contributed by atoms with Crippen LogP contribution in [0.15, 0.2) is 12.1 Å². The Morgan fingerprint density at radius 3 is 2.44 bits per heavy atom. The molecule has 1 aromatic carbocycles. The first-order chi connectivity index (χ1) is 8.52. The number of hydrogen-bond acceptors (Lipinski definition) is 3. The normalized spacial score (nSPS) is 17.3. The summed E-state index contributed by atoms with van der Waals surface area (Å²) in [6.07, 6.45) is 1.79. The number of aryl methyl sites for hydroxylation is 1. The predicted octanol–water partition coefficient (Wildman–Crippen LogP) is 3.03. The fraction of sp³-hybridized carbons (Fsp3) is 0.571. The molecule has 100 valence electrons. The van der Waals surface area contributed by atoms with Gasteiger partial charge in [-0.2, -0.15) is 0 Å². The van der Waals surface area contributed by atoms with Gasteiger partial charge in [0.2, 0.25) is 0 Å². The minimum absolute atomic E-state index is 0.0168. The van der Waals surface area contributed by atoms with E-state index >= 15 is 0 Å². The maximum atomic E-state index is 6.24. The highest BCUT2D eigenvalue weighted by atomic mass is 35.5. The Kier molecular flexibility index (Phi) is 4.03. The van der Waals surface area contributed by atoms with Gasteiger partial charge in [-0.1, -0.05) is 25.4 Å². The number of hydrogen-bond donors (Lipinski definition) is 1. The lowest BCUT2D eigenvalue weighted by Gasteiger charge is -2.19. The third-order valence-electron chi connectivity index (χ3n) is 3.00. The zero-order chi connectivity index (χ0) is 13.2. The molecule has 1 aliphatic rings. The lowest BCUT2D eigenvalue weighted by molar-refractivity contribution is 0.140. The van der Waals surface area contributed by atoms with Gasteiger partial charge in [-0.3, -0.25) is 0 Å². The highest BCUT2D eigenvalue weighted by Gasteiger charge is 2.25. The Balaban J connectivity index is 2.24. The standard InChI is InChI=1S/C14H20ClNO2/c1-14(2)8-17-12-6-10(4-3-5-16)11(15)7-13(12)18-9-14/h6-7H,3-5,8-9,16H2,1-2H3. The van der Waals surface area contributed by atoms with Gasteiger partial charge in [0.25, 0.3) is 0 Å². The average Bonchev–Trinajstić information content (AvgIpc) is 2.46. The second-order valence-corrected chi connectivity index (χ2v) is 5.93. The Hall–Kier alpha value is -0.930. The molecule has 0 saturated heterocycles. The van der Waals surface area contributed by atoms with Gasteiger partial charge in [0.15, 0.2) is 11.5 Å². The van der Waals surface area contributed by atoms with Crippen LogP contribution in [0.1, 0.15) is 25.8 Å². The van der Waals surface area contributed by atoms with E-state index in [2.05, 4.69) is 13.8 Å². The van der Waals surface area contributed by atoms with E-state index in [-0.39, 0.29) is 5.41 Å². The summed E-state index contributed by atoms with van der Waals surface area (Å²) < 4.78 is 11.6. The minimum atomic E-state index is 0.0168. The number of fused-ring (bicyclic) bond motifs is 1. The summed E-state index contributed by atoms with van der Waals surface area (Å²) in [6, 6.07) is 3.83. The molecule has 0 aromatic heterocycles. The average molecular weight is 270 g/mol. The summed E-state index contributed by atoms with van der Waals surface area (Å²) in [5.41, 5.74) is 6.62. The molecule has 0 saturated carbocycles. The van der Waals surface area contributed by atoms with Crippen LogP contribution in [0.25, 0.3) is 0 Å². The minimum Gasteiger partial charge on any atom is -0.489 e. The summed E-state index contributed by atoms with van der Waals surface area (Å²) in [6.45, 7) is 6.19. The van der Waals surface area contributed by atoms with Crippen molar-refractivity contribution >= 4 is 11.6 Å². The van der Waals surface area contributed by atoms with E-state index in [1.165, 1.54) is 0 Å². The molecule has 1 aliphatic heterocycles. The van der Waals surface area contributed by atoms with Crippen LogP contribution in [0, 0.1) is 5.41 Å². The summed E-state index contributed by atoms with van der Waals surface area (Å²) in [4.78, 5) is 0. The second kappa shape index (κ2) is 5.37. The molecular weight excluding hydrogens is 250 g/mol. The van der Waals surface area contributed by atoms with Crippen molar-refractivity contribution in [3.63, 3.8) is 0 Å². The molecule has 18 heavy (non-hydrogen) atoms. The fourth-order valence-corrected chi connectivity index (χ4v) is 2.12. The predicted molar refractivity (Wildman–Crippen MR) is 73.6 cm³/mol. The number of ether oxygens (including phenoxy) is 2. The first-order valence-electron chi connectivity index (χ1n) is 6.30. The summed E-state index contributed by atoms with van der Waals surface area (Å²) in [7, 11) is 0. The number of nitrogens with two attached hydrogens (primary N) is 1. The van der Waals surface area contributed by atoms with Gasteiger partial charge in [0.1, 0.15) is 0 Å². The molecule has 0 bridgehead atoms. The summed E-state index contributed by atoms with van der Waals surface area (Å²) in [5, 5.41) is 0.727. The van der Waals surface area contributed by atoms with Gasteiger partial charge < -0.3 is 15.2 Å². The van der Waals surface area contributed by atoms with Crippen molar-refractivity contribution in [2.24, 2.45) is 11.1 Å². The van der Waals surface area contributed by atoms with Crippen LogP contribution in [0.2, 0.25) is 5.02 Å². The van der Waals surface area contributed by atoms with Crippen LogP contribution < -0.4 is 15.2 Å². The maximum Gasteiger partial charge on any atom is 0.162 e. The van der Waals surface area contributed by atoms with Crippen molar-refractivity contribution in [2.75, 3.05) is 19.8 Å². The molecule has 0 aliphatic carbocycles. The Labute approximate surface area is 113 Å². The van der Waals surface area contributed by atoms with E-state index in [9.17, 15) is 0 Å². The Morgan fingerprint density at radius 2 is 1.83 bits per heavy atom. The van der Waals surface area contributed by atoms with E-state index in [0.717, 1.165) is 34.9 Å². The molecule has 0 fully saturated rings. The molecule has 0 spiro atoms. The van der Waals surface area contributed by atoms with E-state index in [4.69, 9.17) is 26.8 Å². The van der Waals surface area contributed by atoms with Gasteiger partial charge >= 0.3 is 0 Å². The molecule has 0 unspecified atom stereocenters. The molecule has 3 nitrogen and oxygen atoms in total. The summed E-state index contributed by atoms with van der Waals surface area (Å²) >= 11 is 6.24. The number of halogens is 1. The van der Waals surface area contributed by atoms with Gasteiger partial charge in [-0.25, -0.2) is 0 Å². The molecule has 4 heteroatoms. The van der Waals surface area contributed by atoms with Crippen LogP contribution in [0.5, 0.6) is 11.5 Å². The molecule has 2 N–H and O–H groups in total. The third kappa shape index (κ3) is 3.09. The van der Waals surface area contributed by atoms with E-state index in [0.29, 0.717) is 19.8 Å². The first kappa shape index (κ1) is 13.5.